The SMILES string of the molecule is CC1(C)COCCN1c1nc(Cl)ncc1Br. The van der Waals surface area contributed by atoms with Crippen molar-refractivity contribution in [2.45, 2.75) is 19.4 Å². The first kappa shape index (κ1) is 12.1. The van der Waals surface area contributed by atoms with E-state index in [2.05, 4.69) is 44.6 Å². The molecular formula is C10H13BrClN3O. The number of ether oxygens (including phenoxy) is 1. The van der Waals surface area contributed by atoms with Gasteiger partial charge in [-0.25, -0.2) is 4.98 Å². The maximum Gasteiger partial charge on any atom is 0.224 e. The van der Waals surface area contributed by atoms with Gasteiger partial charge < -0.3 is 9.64 Å². The molecule has 1 aliphatic heterocycles. The van der Waals surface area contributed by atoms with Crippen LogP contribution in [-0.2, 0) is 4.74 Å². The summed E-state index contributed by atoms with van der Waals surface area (Å²) in [6.07, 6.45) is 1.68. The van der Waals surface area contributed by atoms with Gasteiger partial charge in [-0.1, -0.05) is 0 Å². The molecule has 88 valence electrons. The molecule has 2 heterocycles. The largest absolute Gasteiger partial charge is 0.377 e. The van der Waals surface area contributed by atoms with Gasteiger partial charge in [0, 0.05) is 12.7 Å². The summed E-state index contributed by atoms with van der Waals surface area (Å²) < 4.78 is 6.33. The lowest BCUT2D eigenvalue weighted by Gasteiger charge is -2.43. The highest BCUT2D eigenvalue weighted by Gasteiger charge is 2.32. The second-order valence-corrected chi connectivity index (χ2v) is 5.52. The molecule has 0 unspecified atom stereocenters. The molecule has 1 aromatic heterocycles. The number of morpholine rings is 1. The zero-order valence-corrected chi connectivity index (χ0v) is 11.5. The van der Waals surface area contributed by atoms with Crippen LogP contribution in [-0.4, -0.2) is 35.3 Å². The van der Waals surface area contributed by atoms with E-state index in [1.165, 1.54) is 0 Å². The molecule has 0 spiro atoms. The minimum Gasteiger partial charge on any atom is -0.377 e. The van der Waals surface area contributed by atoms with Gasteiger partial charge in [-0.15, -0.1) is 0 Å². The van der Waals surface area contributed by atoms with E-state index in [9.17, 15) is 0 Å². The van der Waals surface area contributed by atoms with Crippen molar-refractivity contribution in [1.82, 2.24) is 9.97 Å². The Morgan fingerprint density at radius 1 is 1.56 bits per heavy atom. The maximum absolute atomic E-state index is 5.83. The van der Waals surface area contributed by atoms with E-state index in [1.807, 2.05) is 0 Å². The fourth-order valence-corrected chi connectivity index (χ4v) is 2.31. The fraction of sp³-hybridized carbons (Fsp3) is 0.600. The molecule has 16 heavy (non-hydrogen) atoms. The number of aromatic nitrogens is 2. The van der Waals surface area contributed by atoms with Gasteiger partial charge in [0.1, 0.15) is 5.82 Å². The van der Waals surface area contributed by atoms with Crippen LogP contribution in [0.2, 0.25) is 5.28 Å². The predicted octanol–water partition coefficient (Wildman–Crippen LogP) is 2.51. The number of hydrogen-bond acceptors (Lipinski definition) is 4. The summed E-state index contributed by atoms with van der Waals surface area (Å²) in [7, 11) is 0. The van der Waals surface area contributed by atoms with E-state index in [1.54, 1.807) is 6.20 Å². The number of halogens is 2. The molecule has 0 aliphatic carbocycles. The Morgan fingerprint density at radius 3 is 3.00 bits per heavy atom. The first-order valence-corrected chi connectivity index (χ1v) is 6.21. The van der Waals surface area contributed by atoms with E-state index in [0.29, 0.717) is 13.2 Å². The van der Waals surface area contributed by atoms with Crippen LogP contribution in [0.15, 0.2) is 10.7 Å². The molecular weight excluding hydrogens is 293 g/mol. The highest BCUT2D eigenvalue weighted by Crippen LogP contribution is 2.31. The molecule has 0 aromatic carbocycles. The Kier molecular flexibility index (Phi) is 3.37. The smallest absolute Gasteiger partial charge is 0.224 e. The van der Waals surface area contributed by atoms with Crippen LogP contribution < -0.4 is 4.90 Å². The maximum atomic E-state index is 5.83. The Morgan fingerprint density at radius 2 is 2.31 bits per heavy atom. The molecule has 0 atom stereocenters. The Balaban J connectivity index is 2.38. The first-order chi connectivity index (χ1) is 7.50. The summed E-state index contributed by atoms with van der Waals surface area (Å²) in [5.74, 6) is 0.827. The van der Waals surface area contributed by atoms with Crippen LogP contribution in [0.5, 0.6) is 0 Å². The van der Waals surface area contributed by atoms with Crippen LogP contribution in [0.25, 0.3) is 0 Å². The quantitative estimate of drug-likeness (QED) is 0.747. The first-order valence-electron chi connectivity index (χ1n) is 5.04. The highest BCUT2D eigenvalue weighted by molar-refractivity contribution is 9.10. The standard InChI is InChI=1S/C10H13BrClN3O/c1-10(2)6-16-4-3-15(10)8-7(11)5-13-9(12)14-8/h5H,3-4,6H2,1-2H3. The van der Waals surface area contributed by atoms with Crippen LogP contribution in [0.4, 0.5) is 5.82 Å². The van der Waals surface area contributed by atoms with Crippen LogP contribution in [0.3, 0.4) is 0 Å². The van der Waals surface area contributed by atoms with Gasteiger partial charge in [0.25, 0.3) is 0 Å². The predicted molar refractivity (Wildman–Crippen MR) is 67.0 cm³/mol. The lowest BCUT2D eigenvalue weighted by Crippen LogP contribution is -2.53. The minimum absolute atomic E-state index is 0.0849. The zero-order chi connectivity index (χ0) is 11.8. The van der Waals surface area contributed by atoms with Crippen LogP contribution in [0, 0.1) is 0 Å². The van der Waals surface area contributed by atoms with Crippen molar-refractivity contribution in [1.29, 1.82) is 0 Å². The molecule has 1 fully saturated rings. The monoisotopic (exact) mass is 305 g/mol. The number of hydrogen-bond donors (Lipinski definition) is 0. The molecule has 0 bridgehead atoms. The lowest BCUT2D eigenvalue weighted by atomic mass is 10.0. The van der Waals surface area contributed by atoms with Crippen molar-refractivity contribution < 1.29 is 4.74 Å². The third kappa shape index (κ3) is 2.31. The molecule has 0 radical (unpaired) electrons. The average Bonchev–Trinajstić information content (AvgIpc) is 2.22. The Hall–Kier alpha value is -0.390. The minimum atomic E-state index is -0.0849. The van der Waals surface area contributed by atoms with Crippen molar-refractivity contribution in [3.8, 4) is 0 Å². The molecule has 0 amide bonds. The summed E-state index contributed by atoms with van der Waals surface area (Å²) in [4.78, 5) is 10.4. The third-order valence-corrected chi connectivity index (χ3v) is 3.34. The van der Waals surface area contributed by atoms with Crippen molar-refractivity contribution in [3.05, 3.63) is 16.0 Å². The highest BCUT2D eigenvalue weighted by atomic mass is 79.9. The van der Waals surface area contributed by atoms with Crippen LogP contribution in [0.1, 0.15) is 13.8 Å². The van der Waals surface area contributed by atoms with Crippen LogP contribution >= 0.6 is 27.5 Å². The normalized spacial score (nSPS) is 19.9. The van der Waals surface area contributed by atoms with Crippen molar-refractivity contribution in [2.75, 3.05) is 24.7 Å². The second kappa shape index (κ2) is 4.47. The van der Waals surface area contributed by atoms with Gasteiger partial charge in [-0.3, -0.25) is 0 Å². The molecule has 6 heteroatoms. The van der Waals surface area contributed by atoms with Gasteiger partial charge in [0.2, 0.25) is 5.28 Å². The molecule has 0 saturated carbocycles. The zero-order valence-electron chi connectivity index (χ0n) is 9.20. The Labute approximate surface area is 108 Å². The molecule has 1 saturated heterocycles. The van der Waals surface area contributed by atoms with E-state index in [0.717, 1.165) is 16.8 Å². The lowest BCUT2D eigenvalue weighted by molar-refractivity contribution is 0.0638. The third-order valence-electron chi connectivity index (χ3n) is 2.60. The Bertz CT molecular complexity index is 400. The fourth-order valence-electron chi connectivity index (χ4n) is 1.78. The molecule has 2 rings (SSSR count). The summed E-state index contributed by atoms with van der Waals surface area (Å²) >= 11 is 9.28. The van der Waals surface area contributed by atoms with Crippen molar-refractivity contribution in [3.63, 3.8) is 0 Å². The van der Waals surface area contributed by atoms with E-state index in [-0.39, 0.29) is 10.8 Å². The summed E-state index contributed by atoms with van der Waals surface area (Å²) in [5.41, 5.74) is -0.0849. The van der Waals surface area contributed by atoms with Gasteiger partial charge in [-0.2, -0.15) is 4.98 Å². The van der Waals surface area contributed by atoms with Crippen molar-refractivity contribution >= 4 is 33.3 Å². The average molecular weight is 307 g/mol. The second-order valence-electron chi connectivity index (χ2n) is 4.33. The van der Waals surface area contributed by atoms with Gasteiger partial charge in [0.15, 0.2) is 0 Å². The molecule has 1 aromatic rings. The summed E-state index contributed by atoms with van der Waals surface area (Å²) in [6, 6.07) is 0. The number of anilines is 1. The summed E-state index contributed by atoms with van der Waals surface area (Å²) in [6.45, 7) is 6.43. The summed E-state index contributed by atoms with van der Waals surface area (Å²) in [5, 5.41) is 0.264. The number of nitrogens with zero attached hydrogens (tertiary/aromatic N) is 3. The van der Waals surface area contributed by atoms with Gasteiger partial charge >= 0.3 is 0 Å². The van der Waals surface area contributed by atoms with E-state index >= 15 is 0 Å². The van der Waals surface area contributed by atoms with E-state index < -0.39 is 0 Å². The van der Waals surface area contributed by atoms with Gasteiger partial charge in [0.05, 0.1) is 23.2 Å². The number of rotatable bonds is 1. The topological polar surface area (TPSA) is 38.2 Å². The van der Waals surface area contributed by atoms with Crippen molar-refractivity contribution in [2.24, 2.45) is 0 Å². The van der Waals surface area contributed by atoms with E-state index in [4.69, 9.17) is 16.3 Å². The van der Waals surface area contributed by atoms with Gasteiger partial charge in [-0.05, 0) is 41.4 Å². The molecule has 1 aliphatic rings. The molecule has 4 nitrogen and oxygen atoms in total. The molecule has 0 N–H and O–H groups in total.